The van der Waals surface area contributed by atoms with Crippen LogP contribution in [0.2, 0.25) is 0 Å². The fraction of sp³-hybridized carbons (Fsp3) is 0.611. The standard InChI is InChI=1S/C18H25NO/c1-15-8-2-3-9-16(15)14-17(20)18(10-4-5-11-18)19-12-6-7-13-19/h2-3,8-9H,4-7,10-14H2,1H3. The Labute approximate surface area is 122 Å². The first-order chi connectivity index (χ1) is 9.72. The predicted octanol–water partition coefficient (Wildman–Crippen LogP) is 3.52. The Bertz CT molecular complexity index is 482. The van der Waals surface area contributed by atoms with Gasteiger partial charge >= 0.3 is 0 Å². The molecule has 2 nitrogen and oxygen atoms in total. The van der Waals surface area contributed by atoms with Crippen LogP contribution in [-0.2, 0) is 11.2 Å². The van der Waals surface area contributed by atoms with Crippen LogP contribution in [0.1, 0.15) is 49.7 Å². The molecule has 0 atom stereocenters. The lowest BCUT2D eigenvalue weighted by atomic mass is 9.85. The zero-order valence-corrected chi connectivity index (χ0v) is 12.5. The van der Waals surface area contributed by atoms with Gasteiger partial charge in [0, 0.05) is 6.42 Å². The van der Waals surface area contributed by atoms with Gasteiger partial charge in [0.25, 0.3) is 0 Å². The molecular formula is C18H25NO. The monoisotopic (exact) mass is 271 g/mol. The van der Waals surface area contributed by atoms with Crippen LogP contribution >= 0.6 is 0 Å². The molecule has 0 spiro atoms. The van der Waals surface area contributed by atoms with E-state index in [4.69, 9.17) is 0 Å². The van der Waals surface area contributed by atoms with Crippen molar-refractivity contribution < 1.29 is 4.79 Å². The number of aryl methyl sites for hydroxylation is 1. The normalized spacial score (nSPS) is 22.2. The van der Waals surface area contributed by atoms with Crippen LogP contribution in [0.25, 0.3) is 0 Å². The van der Waals surface area contributed by atoms with Crippen molar-refractivity contribution in [2.24, 2.45) is 0 Å². The summed E-state index contributed by atoms with van der Waals surface area (Å²) >= 11 is 0. The lowest BCUT2D eigenvalue weighted by Crippen LogP contribution is -2.52. The van der Waals surface area contributed by atoms with Crippen LogP contribution in [0.3, 0.4) is 0 Å². The van der Waals surface area contributed by atoms with Gasteiger partial charge in [0.05, 0.1) is 5.54 Å². The molecule has 2 heteroatoms. The van der Waals surface area contributed by atoms with Crippen LogP contribution in [0, 0.1) is 6.92 Å². The first kappa shape index (κ1) is 13.8. The Kier molecular flexibility index (Phi) is 3.93. The first-order valence-corrected chi connectivity index (χ1v) is 8.05. The second-order valence-corrected chi connectivity index (χ2v) is 6.46. The molecule has 0 N–H and O–H groups in total. The number of Topliss-reactive ketones (excluding diaryl/α,β-unsaturated/α-hetero) is 1. The fourth-order valence-electron chi connectivity index (χ4n) is 4.02. The zero-order valence-electron chi connectivity index (χ0n) is 12.5. The van der Waals surface area contributed by atoms with Crippen molar-refractivity contribution in [3.05, 3.63) is 35.4 Å². The lowest BCUT2D eigenvalue weighted by molar-refractivity contribution is -0.129. The minimum Gasteiger partial charge on any atom is -0.297 e. The van der Waals surface area contributed by atoms with Crippen LogP contribution in [0.5, 0.6) is 0 Å². The summed E-state index contributed by atoms with van der Waals surface area (Å²) in [5.74, 6) is 0.464. The summed E-state index contributed by atoms with van der Waals surface area (Å²) in [6.07, 6.45) is 7.74. The Balaban J connectivity index is 1.81. The molecule has 0 unspecified atom stereocenters. The maximum Gasteiger partial charge on any atom is 0.157 e. The van der Waals surface area contributed by atoms with E-state index in [0.29, 0.717) is 12.2 Å². The van der Waals surface area contributed by atoms with Gasteiger partial charge in [-0.15, -0.1) is 0 Å². The average molecular weight is 271 g/mol. The van der Waals surface area contributed by atoms with Crippen LogP contribution in [0.4, 0.5) is 0 Å². The van der Waals surface area contributed by atoms with Gasteiger partial charge in [-0.1, -0.05) is 37.1 Å². The molecule has 20 heavy (non-hydrogen) atoms. The number of likely N-dealkylation sites (tertiary alicyclic amines) is 1. The topological polar surface area (TPSA) is 20.3 Å². The molecule has 2 fully saturated rings. The highest BCUT2D eigenvalue weighted by Gasteiger charge is 2.46. The number of benzene rings is 1. The third-order valence-corrected chi connectivity index (χ3v) is 5.27. The van der Waals surface area contributed by atoms with Crippen molar-refractivity contribution >= 4 is 5.78 Å². The Hall–Kier alpha value is -1.15. The quantitative estimate of drug-likeness (QED) is 0.835. The molecule has 0 bridgehead atoms. The van der Waals surface area contributed by atoms with E-state index in [0.717, 1.165) is 25.9 Å². The van der Waals surface area contributed by atoms with E-state index in [1.165, 1.54) is 36.8 Å². The number of hydrogen-bond acceptors (Lipinski definition) is 2. The second-order valence-electron chi connectivity index (χ2n) is 6.46. The Morgan fingerprint density at radius 2 is 1.75 bits per heavy atom. The summed E-state index contributed by atoms with van der Waals surface area (Å²) in [6.45, 7) is 4.36. The average Bonchev–Trinajstić information content (AvgIpc) is 3.12. The van der Waals surface area contributed by atoms with E-state index in [9.17, 15) is 4.79 Å². The molecular weight excluding hydrogens is 246 g/mol. The van der Waals surface area contributed by atoms with Gasteiger partial charge in [0.15, 0.2) is 5.78 Å². The molecule has 1 saturated carbocycles. The van der Waals surface area contributed by atoms with Gasteiger partial charge in [0.2, 0.25) is 0 Å². The number of nitrogens with zero attached hydrogens (tertiary/aromatic N) is 1. The lowest BCUT2D eigenvalue weighted by Gasteiger charge is -2.37. The zero-order chi connectivity index (χ0) is 14.0. The number of rotatable bonds is 4. The molecule has 1 saturated heterocycles. The summed E-state index contributed by atoms with van der Waals surface area (Å²) in [5, 5.41) is 0. The number of carbonyl (C=O) groups excluding carboxylic acids is 1. The summed E-state index contributed by atoms with van der Waals surface area (Å²) in [7, 11) is 0. The van der Waals surface area contributed by atoms with Crippen molar-refractivity contribution in [2.75, 3.05) is 13.1 Å². The molecule has 1 aromatic rings. The predicted molar refractivity (Wildman–Crippen MR) is 81.9 cm³/mol. The third-order valence-electron chi connectivity index (χ3n) is 5.27. The molecule has 108 valence electrons. The van der Waals surface area contributed by atoms with Crippen molar-refractivity contribution in [1.82, 2.24) is 4.90 Å². The molecule has 0 amide bonds. The molecule has 2 aliphatic rings. The summed E-state index contributed by atoms with van der Waals surface area (Å²) < 4.78 is 0. The molecule has 1 aliphatic carbocycles. The van der Waals surface area contributed by atoms with Gasteiger partial charge in [-0.05, 0) is 56.8 Å². The molecule has 1 heterocycles. The van der Waals surface area contributed by atoms with Gasteiger partial charge in [-0.25, -0.2) is 0 Å². The molecule has 0 radical (unpaired) electrons. The van der Waals surface area contributed by atoms with Gasteiger partial charge < -0.3 is 0 Å². The molecule has 1 aliphatic heterocycles. The molecule has 1 aromatic carbocycles. The fourth-order valence-corrected chi connectivity index (χ4v) is 4.02. The third kappa shape index (κ3) is 2.42. The SMILES string of the molecule is Cc1ccccc1CC(=O)C1(N2CCCC2)CCCC1. The minimum atomic E-state index is -0.126. The van der Waals surface area contributed by atoms with Crippen molar-refractivity contribution in [1.29, 1.82) is 0 Å². The highest BCUT2D eigenvalue weighted by atomic mass is 16.1. The summed E-state index contributed by atoms with van der Waals surface area (Å²) in [6, 6.07) is 8.32. The highest BCUT2D eigenvalue weighted by Crippen LogP contribution is 2.39. The van der Waals surface area contributed by atoms with Crippen molar-refractivity contribution in [3.63, 3.8) is 0 Å². The van der Waals surface area contributed by atoms with Crippen LogP contribution < -0.4 is 0 Å². The van der Waals surface area contributed by atoms with Gasteiger partial charge in [0.1, 0.15) is 0 Å². The molecule has 3 rings (SSSR count). The van der Waals surface area contributed by atoms with Crippen LogP contribution in [0.15, 0.2) is 24.3 Å². The largest absolute Gasteiger partial charge is 0.297 e. The Morgan fingerprint density at radius 3 is 2.40 bits per heavy atom. The highest BCUT2D eigenvalue weighted by molar-refractivity contribution is 5.90. The van der Waals surface area contributed by atoms with Crippen molar-refractivity contribution in [2.45, 2.75) is 57.4 Å². The molecule has 0 aromatic heterocycles. The van der Waals surface area contributed by atoms with E-state index in [1.54, 1.807) is 0 Å². The number of ketones is 1. The van der Waals surface area contributed by atoms with E-state index >= 15 is 0 Å². The smallest absolute Gasteiger partial charge is 0.157 e. The van der Waals surface area contributed by atoms with E-state index in [1.807, 2.05) is 6.07 Å². The number of hydrogen-bond donors (Lipinski definition) is 0. The van der Waals surface area contributed by atoms with E-state index in [-0.39, 0.29) is 5.54 Å². The van der Waals surface area contributed by atoms with Gasteiger partial charge in [-0.2, -0.15) is 0 Å². The first-order valence-electron chi connectivity index (χ1n) is 8.05. The summed E-state index contributed by atoms with van der Waals surface area (Å²) in [5.41, 5.74) is 2.33. The minimum absolute atomic E-state index is 0.126. The second kappa shape index (κ2) is 5.69. The Morgan fingerprint density at radius 1 is 1.10 bits per heavy atom. The van der Waals surface area contributed by atoms with Crippen molar-refractivity contribution in [3.8, 4) is 0 Å². The maximum atomic E-state index is 13.0. The van der Waals surface area contributed by atoms with Crippen LogP contribution in [-0.4, -0.2) is 29.3 Å². The maximum absolute atomic E-state index is 13.0. The van der Waals surface area contributed by atoms with Gasteiger partial charge in [-0.3, -0.25) is 9.69 Å². The number of carbonyl (C=O) groups is 1. The summed E-state index contributed by atoms with van der Waals surface area (Å²) in [4.78, 5) is 15.5. The van der Waals surface area contributed by atoms with E-state index < -0.39 is 0 Å². The van der Waals surface area contributed by atoms with E-state index in [2.05, 4.69) is 30.0 Å².